The second-order valence-corrected chi connectivity index (χ2v) is 6.35. The Balaban J connectivity index is 2.06. The minimum atomic E-state index is 0.223. The summed E-state index contributed by atoms with van der Waals surface area (Å²) in [5.41, 5.74) is 5.74. The van der Waals surface area contributed by atoms with Crippen LogP contribution in [0.3, 0.4) is 0 Å². The quantitative estimate of drug-likeness (QED) is 0.619. The van der Waals surface area contributed by atoms with E-state index >= 15 is 0 Å². The first kappa shape index (κ1) is 16.4. The largest absolute Gasteiger partial charge is 0.304 e. The van der Waals surface area contributed by atoms with Gasteiger partial charge in [0.05, 0.1) is 0 Å². The summed E-state index contributed by atoms with van der Waals surface area (Å²) in [6.45, 7) is 5.62. The Kier molecular flexibility index (Phi) is 6.18. The van der Waals surface area contributed by atoms with E-state index in [2.05, 4.69) is 60.5 Å². The molecule has 2 rings (SSSR count). The number of nitrogens with two attached hydrogens (primary N) is 1. The zero-order valence-corrected chi connectivity index (χ0v) is 13.7. The fraction of sp³-hybridized carbons (Fsp3) is 0.647. The second kappa shape index (κ2) is 7.90. The molecule has 0 saturated carbocycles. The van der Waals surface area contributed by atoms with Crippen molar-refractivity contribution in [2.24, 2.45) is 5.84 Å². The van der Waals surface area contributed by atoms with Gasteiger partial charge in [-0.1, -0.05) is 37.6 Å². The summed E-state index contributed by atoms with van der Waals surface area (Å²) < 4.78 is 0. The number of nitrogens with one attached hydrogen (secondary N) is 1. The standard InChI is InChI=1S/C17H30N4/c1-4-6-14-7-5-8-15(11-14)17(19-18)12-16-13-20(2)9-10-21(16)3/h5,7-8,11,16-17,19H,4,6,9-10,12-13,18H2,1-3H3. The molecular formula is C17H30N4. The Morgan fingerprint density at radius 2 is 2.14 bits per heavy atom. The van der Waals surface area contributed by atoms with Crippen LogP contribution in [0.15, 0.2) is 24.3 Å². The lowest BCUT2D eigenvalue weighted by molar-refractivity contribution is 0.101. The molecule has 0 radical (unpaired) electrons. The zero-order chi connectivity index (χ0) is 15.2. The lowest BCUT2D eigenvalue weighted by atomic mass is 9.95. The number of aryl methyl sites for hydroxylation is 1. The van der Waals surface area contributed by atoms with Crippen LogP contribution in [-0.4, -0.2) is 49.6 Å². The maximum Gasteiger partial charge on any atom is 0.0475 e. The van der Waals surface area contributed by atoms with Gasteiger partial charge < -0.3 is 9.80 Å². The van der Waals surface area contributed by atoms with Crippen molar-refractivity contribution in [1.82, 2.24) is 15.2 Å². The molecular weight excluding hydrogens is 260 g/mol. The average Bonchev–Trinajstić information content (AvgIpc) is 2.49. The summed E-state index contributed by atoms with van der Waals surface area (Å²) in [7, 11) is 4.42. The maximum absolute atomic E-state index is 5.84. The van der Waals surface area contributed by atoms with Crippen LogP contribution in [0, 0.1) is 0 Å². The predicted molar refractivity (Wildman–Crippen MR) is 89.0 cm³/mol. The van der Waals surface area contributed by atoms with E-state index in [4.69, 9.17) is 5.84 Å². The average molecular weight is 290 g/mol. The second-order valence-electron chi connectivity index (χ2n) is 6.35. The van der Waals surface area contributed by atoms with Gasteiger partial charge in [-0.2, -0.15) is 0 Å². The van der Waals surface area contributed by atoms with Gasteiger partial charge >= 0.3 is 0 Å². The summed E-state index contributed by atoms with van der Waals surface area (Å²) in [4.78, 5) is 4.87. The zero-order valence-electron chi connectivity index (χ0n) is 13.7. The van der Waals surface area contributed by atoms with Crippen molar-refractivity contribution in [1.29, 1.82) is 0 Å². The van der Waals surface area contributed by atoms with Gasteiger partial charge in [-0.05, 0) is 38.1 Å². The van der Waals surface area contributed by atoms with Crippen molar-refractivity contribution < 1.29 is 0 Å². The molecule has 2 atom stereocenters. The fourth-order valence-electron chi connectivity index (χ4n) is 3.18. The highest BCUT2D eigenvalue weighted by molar-refractivity contribution is 5.26. The molecule has 1 aromatic carbocycles. The maximum atomic E-state index is 5.84. The molecule has 2 unspecified atom stereocenters. The summed E-state index contributed by atoms with van der Waals surface area (Å²) in [5.74, 6) is 5.84. The molecule has 4 heteroatoms. The molecule has 0 spiro atoms. The minimum absolute atomic E-state index is 0.223. The van der Waals surface area contributed by atoms with Crippen molar-refractivity contribution >= 4 is 0 Å². The molecule has 21 heavy (non-hydrogen) atoms. The fourth-order valence-corrected chi connectivity index (χ4v) is 3.18. The molecule has 1 aromatic rings. The topological polar surface area (TPSA) is 44.5 Å². The van der Waals surface area contributed by atoms with E-state index in [-0.39, 0.29) is 6.04 Å². The van der Waals surface area contributed by atoms with Gasteiger partial charge in [-0.3, -0.25) is 11.3 Å². The lowest BCUT2D eigenvalue weighted by Gasteiger charge is -2.39. The van der Waals surface area contributed by atoms with Crippen LogP contribution in [-0.2, 0) is 6.42 Å². The molecule has 1 fully saturated rings. The van der Waals surface area contributed by atoms with Gasteiger partial charge in [-0.25, -0.2) is 0 Å². The van der Waals surface area contributed by atoms with Crippen LogP contribution in [0.1, 0.15) is 36.9 Å². The summed E-state index contributed by atoms with van der Waals surface area (Å²) in [5, 5.41) is 0. The lowest BCUT2D eigenvalue weighted by Crippen LogP contribution is -2.51. The summed E-state index contributed by atoms with van der Waals surface area (Å²) in [6.07, 6.45) is 3.37. The summed E-state index contributed by atoms with van der Waals surface area (Å²) in [6, 6.07) is 9.64. The SMILES string of the molecule is CCCc1cccc(C(CC2CN(C)CCN2C)NN)c1. The molecule has 118 valence electrons. The van der Waals surface area contributed by atoms with Crippen molar-refractivity contribution in [2.75, 3.05) is 33.7 Å². The van der Waals surface area contributed by atoms with Gasteiger partial charge in [0.15, 0.2) is 0 Å². The first-order valence-electron chi connectivity index (χ1n) is 8.07. The van der Waals surface area contributed by atoms with Gasteiger partial charge in [0.25, 0.3) is 0 Å². The predicted octanol–water partition coefficient (Wildman–Crippen LogP) is 1.78. The summed E-state index contributed by atoms with van der Waals surface area (Å²) >= 11 is 0. The number of rotatable bonds is 6. The molecule has 1 aliphatic heterocycles. The molecule has 0 aromatic heterocycles. The normalized spacial score (nSPS) is 22.4. The van der Waals surface area contributed by atoms with E-state index in [1.165, 1.54) is 17.5 Å². The molecule has 1 saturated heterocycles. The third-order valence-electron chi connectivity index (χ3n) is 4.58. The molecule has 1 heterocycles. The van der Waals surface area contributed by atoms with Gasteiger partial charge in [0.2, 0.25) is 0 Å². The Labute approximate surface area is 129 Å². The van der Waals surface area contributed by atoms with Crippen LogP contribution >= 0.6 is 0 Å². The first-order valence-corrected chi connectivity index (χ1v) is 8.07. The van der Waals surface area contributed by atoms with E-state index in [0.29, 0.717) is 6.04 Å². The van der Waals surface area contributed by atoms with Gasteiger partial charge in [-0.15, -0.1) is 0 Å². The highest BCUT2D eigenvalue weighted by atomic mass is 15.3. The molecule has 0 bridgehead atoms. The smallest absolute Gasteiger partial charge is 0.0475 e. The van der Waals surface area contributed by atoms with E-state index in [9.17, 15) is 0 Å². The third kappa shape index (κ3) is 4.51. The number of piperazine rings is 1. The highest BCUT2D eigenvalue weighted by Gasteiger charge is 2.25. The van der Waals surface area contributed by atoms with Crippen molar-refractivity contribution in [3.05, 3.63) is 35.4 Å². The molecule has 0 amide bonds. The van der Waals surface area contributed by atoms with Crippen LogP contribution < -0.4 is 11.3 Å². The Morgan fingerprint density at radius 3 is 2.86 bits per heavy atom. The van der Waals surface area contributed by atoms with Crippen molar-refractivity contribution in [3.63, 3.8) is 0 Å². The molecule has 4 nitrogen and oxygen atoms in total. The van der Waals surface area contributed by atoms with E-state index in [0.717, 1.165) is 32.5 Å². The first-order chi connectivity index (χ1) is 10.1. The number of likely N-dealkylation sites (N-methyl/N-ethyl adjacent to an activating group) is 2. The number of hydrogen-bond donors (Lipinski definition) is 2. The Morgan fingerprint density at radius 1 is 1.33 bits per heavy atom. The van der Waals surface area contributed by atoms with Crippen LogP contribution in [0.4, 0.5) is 0 Å². The highest BCUT2D eigenvalue weighted by Crippen LogP contribution is 2.23. The Hall–Kier alpha value is -0.940. The number of benzene rings is 1. The minimum Gasteiger partial charge on any atom is -0.304 e. The van der Waals surface area contributed by atoms with E-state index in [1.807, 2.05) is 0 Å². The van der Waals surface area contributed by atoms with Crippen LogP contribution in [0.2, 0.25) is 0 Å². The molecule has 1 aliphatic rings. The number of hydrazine groups is 1. The van der Waals surface area contributed by atoms with E-state index in [1.54, 1.807) is 0 Å². The van der Waals surface area contributed by atoms with Crippen LogP contribution in [0.25, 0.3) is 0 Å². The number of hydrogen-bond acceptors (Lipinski definition) is 4. The monoisotopic (exact) mass is 290 g/mol. The molecule has 0 aliphatic carbocycles. The van der Waals surface area contributed by atoms with Crippen LogP contribution in [0.5, 0.6) is 0 Å². The van der Waals surface area contributed by atoms with Gasteiger partial charge in [0, 0.05) is 31.7 Å². The van der Waals surface area contributed by atoms with Crippen molar-refractivity contribution in [2.45, 2.75) is 38.3 Å². The molecule has 3 N–H and O–H groups in total. The van der Waals surface area contributed by atoms with E-state index < -0.39 is 0 Å². The van der Waals surface area contributed by atoms with Gasteiger partial charge in [0.1, 0.15) is 0 Å². The van der Waals surface area contributed by atoms with Crippen molar-refractivity contribution in [3.8, 4) is 0 Å². The Bertz CT molecular complexity index is 435. The number of nitrogens with zero attached hydrogens (tertiary/aromatic N) is 2. The third-order valence-corrected chi connectivity index (χ3v) is 4.58.